The van der Waals surface area contributed by atoms with E-state index in [1.54, 1.807) is 12.4 Å². The van der Waals surface area contributed by atoms with E-state index < -0.39 is 0 Å². The summed E-state index contributed by atoms with van der Waals surface area (Å²) in [7, 11) is 0. The van der Waals surface area contributed by atoms with E-state index in [1.165, 1.54) is 0 Å². The van der Waals surface area contributed by atoms with E-state index in [-0.39, 0.29) is 0 Å². The fourth-order valence-corrected chi connectivity index (χ4v) is 1.30. The molecule has 74 valence electrons. The molecule has 0 N–H and O–H groups in total. The van der Waals surface area contributed by atoms with Crippen LogP contribution in [0.3, 0.4) is 0 Å². The summed E-state index contributed by atoms with van der Waals surface area (Å²) in [4.78, 5) is 10.4. The second-order valence-corrected chi connectivity index (χ2v) is 3.07. The average molecular weight is 191 g/mol. The molecule has 0 aromatic carbocycles. The molecule has 1 fully saturated rings. The summed E-state index contributed by atoms with van der Waals surface area (Å²) >= 11 is 0. The van der Waals surface area contributed by atoms with Crippen molar-refractivity contribution in [3.8, 4) is 0 Å². The molecule has 0 atom stereocenters. The van der Waals surface area contributed by atoms with Gasteiger partial charge in [-0.1, -0.05) is 0 Å². The van der Waals surface area contributed by atoms with Crippen LogP contribution in [0.4, 0.5) is 0 Å². The first-order chi connectivity index (χ1) is 6.95. The minimum absolute atomic E-state index is 0.749. The Balaban J connectivity index is 1.93. The largest absolute Gasteiger partial charge is 0.378 e. The molecule has 2 heterocycles. The Morgan fingerprint density at radius 3 is 2.64 bits per heavy atom. The lowest BCUT2D eigenvalue weighted by atomic mass is 10.4. The van der Waals surface area contributed by atoms with E-state index in [2.05, 4.69) is 14.9 Å². The molecular weight excluding hydrogens is 178 g/mol. The molecule has 2 rings (SSSR count). The first-order valence-corrected chi connectivity index (χ1v) is 4.72. The number of aromatic nitrogens is 2. The normalized spacial score (nSPS) is 17.6. The summed E-state index contributed by atoms with van der Waals surface area (Å²) in [6, 6.07) is 1.81. The first kappa shape index (κ1) is 9.15. The molecule has 0 bridgehead atoms. The minimum Gasteiger partial charge on any atom is -0.378 e. The lowest BCUT2D eigenvalue weighted by molar-refractivity contribution is 0.0597. The topological polar surface area (TPSA) is 38.2 Å². The fourth-order valence-electron chi connectivity index (χ4n) is 1.30. The van der Waals surface area contributed by atoms with Crippen LogP contribution in [0.15, 0.2) is 24.7 Å². The Labute approximate surface area is 83.2 Å². The summed E-state index contributed by atoms with van der Waals surface area (Å²) in [6.07, 6.45) is 7.43. The van der Waals surface area contributed by atoms with Crippen LogP contribution in [0.1, 0.15) is 5.82 Å². The van der Waals surface area contributed by atoms with E-state index in [1.807, 2.05) is 18.3 Å². The highest BCUT2D eigenvalue weighted by Gasteiger charge is 2.04. The van der Waals surface area contributed by atoms with E-state index in [9.17, 15) is 0 Å². The molecule has 0 saturated carbocycles. The van der Waals surface area contributed by atoms with Gasteiger partial charge >= 0.3 is 0 Å². The number of morpholine rings is 1. The highest BCUT2D eigenvalue weighted by Crippen LogP contribution is 1.99. The van der Waals surface area contributed by atoms with Crippen molar-refractivity contribution in [1.29, 1.82) is 0 Å². The Kier molecular flexibility index (Phi) is 3.08. The third-order valence-corrected chi connectivity index (χ3v) is 2.07. The van der Waals surface area contributed by atoms with Gasteiger partial charge in [0, 0.05) is 31.7 Å². The van der Waals surface area contributed by atoms with Gasteiger partial charge < -0.3 is 9.64 Å². The van der Waals surface area contributed by atoms with Crippen LogP contribution in [0.5, 0.6) is 0 Å². The Bertz CT molecular complexity index is 293. The monoisotopic (exact) mass is 191 g/mol. The molecule has 1 aliphatic heterocycles. The SMILES string of the molecule is C(=C\N1CCOCC1)/c1ncccn1. The van der Waals surface area contributed by atoms with Gasteiger partial charge in [-0.05, 0) is 12.1 Å². The molecular formula is C10H13N3O. The van der Waals surface area contributed by atoms with Crippen molar-refractivity contribution in [3.05, 3.63) is 30.5 Å². The van der Waals surface area contributed by atoms with Crippen molar-refractivity contribution in [3.63, 3.8) is 0 Å². The van der Waals surface area contributed by atoms with E-state index in [4.69, 9.17) is 4.74 Å². The van der Waals surface area contributed by atoms with Gasteiger partial charge in [-0.2, -0.15) is 0 Å². The van der Waals surface area contributed by atoms with Gasteiger partial charge in [0.25, 0.3) is 0 Å². The van der Waals surface area contributed by atoms with E-state index >= 15 is 0 Å². The molecule has 1 aliphatic rings. The fraction of sp³-hybridized carbons (Fsp3) is 0.400. The Morgan fingerprint density at radius 2 is 1.93 bits per heavy atom. The third kappa shape index (κ3) is 2.53. The first-order valence-electron chi connectivity index (χ1n) is 4.72. The smallest absolute Gasteiger partial charge is 0.153 e. The summed E-state index contributed by atoms with van der Waals surface area (Å²) in [5.74, 6) is 0.749. The molecule has 4 heteroatoms. The van der Waals surface area contributed by atoms with Crippen LogP contribution >= 0.6 is 0 Å². The average Bonchev–Trinajstić information content (AvgIpc) is 2.29. The Hall–Kier alpha value is -1.42. The van der Waals surface area contributed by atoms with Gasteiger partial charge in [-0.25, -0.2) is 9.97 Å². The predicted molar refractivity (Wildman–Crippen MR) is 53.5 cm³/mol. The highest BCUT2D eigenvalue weighted by atomic mass is 16.5. The van der Waals surface area contributed by atoms with E-state index in [0.717, 1.165) is 32.1 Å². The summed E-state index contributed by atoms with van der Waals surface area (Å²) in [5.41, 5.74) is 0. The maximum Gasteiger partial charge on any atom is 0.153 e. The molecule has 0 amide bonds. The summed E-state index contributed by atoms with van der Waals surface area (Å²) < 4.78 is 5.24. The number of rotatable bonds is 2. The quantitative estimate of drug-likeness (QED) is 0.692. The Morgan fingerprint density at radius 1 is 1.21 bits per heavy atom. The van der Waals surface area contributed by atoms with Gasteiger partial charge in [0.15, 0.2) is 5.82 Å². The van der Waals surface area contributed by atoms with Gasteiger partial charge in [0.2, 0.25) is 0 Å². The van der Waals surface area contributed by atoms with E-state index in [0.29, 0.717) is 0 Å². The second-order valence-electron chi connectivity index (χ2n) is 3.07. The standard InChI is InChI=1S/C10H13N3O/c1-3-11-10(12-4-1)2-5-13-6-8-14-9-7-13/h1-5H,6-9H2/b5-2+. The van der Waals surface area contributed by atoms with Gasteiger partial charge in [-0.3, -0.25) is 0 Å². The van der Waals surface area contributed by atoms with Crippen LogP contribution in [0.2, 0.25) is 0 Å². The molecule has 1 aromatic rings. The molecule has 0 radical (unpaired) electrons. The molecule has 0 unspecified atom stereocenters. The zero-order valence-corrected chi connectivity index (χ0v) is 7.97. The van der Waals surface area contributed by atoms with Crippen LogP contribution in [-0.2, 0) is 4.74 Å². The zero-order valence-electron chi connectivity index (χ0n) is 7.97. The lowest BCUT2D eigenvalue weighted by Gasteiger charge is -2.24. The van der Waals surface area contributed by atoms with Gasteiger partial charge in [0.05, 0.1) is 13.2 Å². The van der Waals surface area contributed by atoms with Crippen molar-refractivity contribution >= 4 is 6.08 Å². The maximum atomic E-state index is 5.24. The van der Waals surface area contributed by atoms with Crippen molar-refractivity contribution < 1.29 is 4.74 Å². The molecule has 4 nitrogen and oxygen atoms in total. The van der Waals surface area contributed by atoms with Gasteiger partial charge in [0.1, 0.15) is 0 Å². The number of ether oxygens (including phenoxy) is 1. The van der Waals surface area contributed by atoms with Gasteiger partial charge in [-0.15, -0.1) is 0 Å². The lowest BCUT2D eigenvalue weighted by Crippen LogP contribution is -2.31. The molecule has 0 aliphatic carbocycles. The van der Waals surface area contributed by atoms with Crippen LogP contribution in [0, 0.1) is 0 Å². The van der Waals surface area contributed by atoms with Crippen LogP contribution < -0.4 is 0 Å². The van der Waals surface area contributed by atoms with Crippen LogP contribution in [0.25, 0.3) is 6.08 Å². The second kappa shape index (κ2) is 4.72. The van der Waals surface area contributed by atoms with Crippen molar-refractivity contribution in [1.82, 2.24) is 14.9 Å². The van der Waals surface area contributed by atoms with Crippen molar-refractivity contribution in [2.45, 2.75) is 0 Å². The third-order valence-electron chi connectivity index (χ3n) is 2.07. The molecule has 1 saturated heterocycles. The molecule has 0 spiro atoms. The zero-order chi connectivity index (χ0) is 9.64. The van der Waals surface area contributed by atoms with Crippen molar-refractivity contribution in [2.24, 2.45) is 0 Å². The minimum atomic E-state index is 0.749. The highest BCUT2D eigenvalue weighted by molar-refractivity contribution is 5.38. The summed E-state index contributed by atoms with van der Waals surface area (Å²) in [5, 5.41) is 0. The van der Waals surface area contributed by atoms with Crippen molar-refractivity contribution in [2.75, 3.05) is 26.3 Å². The number of nitrogens with zero attached hydrogens (tertiary/aromatic N) is 3. The molecule has 14 heavy (non-hydrogen) atoms. The maximum absolute atomic E-state index is 5.24. The molecule has 1 aromatic heterocycles. The predicted octanol–water partition coefficient (Wildman–Crippen LogP) is 0.780. The summed E-state index contributed by atoms with van der Waals surface area (Å²) in [6.45, 7) is 3.51. The number of hydrogen-bond acceptors (Lipinski definition) is 4. The van der Waals surface area contributed by atoms with Crippen LogP contribution in [-0.4, -0.2) is 41.2 Å². The number of hydrogen-bond donors (Lipinski definition) is 0.